The first-order valence-corrected chi connectivity index (χ1v) is 5.94. The van der Waals surface area contributed by atoms with Crippen LogP contribution in [0.1, 0.15) is 25.8 Å². The Morgan fingerprint density at radius 2 is 1.89 bits per heavy atom. The summed E-state index contributed by atoms with van der Waals surface area (Å²) < 4.78 is 38.2. The summed E-state index contributed by atoms with van der Waals surface area (Å²) in [5, 5.41) is 2.24. The molecule has 6 heteroatoms. The SMILES string of the molecule is CC(C)C[C@@H](N)C(=O)Nc1ccccc1C(F)(F)F. The van der Waals surface area contributed by atoms with Crippen LogP contribution in [0, 0.1) is 5.92 Å². The van der Waals surface area contributed by atoms with Crippen molar-refractivity contribution in [2.24, 2.45) is 11.7 Å². The molecule has 0 heterocycles. The smallest absolute Gasteiger partial charge is 0.324 e. The van der Waals surface area contributed by atoms with Gasteiger partial charge in [-0.15, -0.1) is 0 Å². The lowest BCUT2D eigenvalue weighted by Gasteiger charge is -2.17. The molecule has 0 aliphatic carbocycles. The molecule has 3 N–H and O–H groups in total. The molecule has 1 aromatic carbocycles. The van der Waals surface area contributed by atoms with E-state index in [2.05, 4.69) is 5.32 Å². The van der Waals surface area contributed by atoms with Crippen molar-refractivity contribution in [3.63, 3.8) is 0 Å². The molecule has 0 radical (unpaired) electrons. The monoisotopic (exact) mass is 274 g/mol. The third-order valence-corrected chi connectivity index (χ3v) is 2.55. The number of alkyl halides is 3. The summed E-state index contributed by atoms with van der Waals surface area (Å²) in [4.78, 5) is 11.7. The van der Waals surface area contributed by atoms with E-state index in [9.17, 15) is 18.0 Å². The fraction of sp³-hybridized carbons (Fsp3) is 0.462. The van der Waals surface area contributed by atoms with Crippen LogP contribution >= 0.6 is 0 Å². The summed E-state index contributed by atoms with van der Waals surface area (Å²) in [5.41, 5.74) is 4.49. The molecule has 19 heavy (non-hydrogen) atoms. The summed E-state index contributed by atoms with van der Waals surface area (Å²) in [6.45, 7) is 3.77. The molecule has 3 nitrogen and oxygen atoms in total. The van der Waals surface area contributed by atoms with Crippen LogP contribution in [0.2, 0.25) is 0 Å². The highest BCUT2D eigenvalue weighted by molar-refractivity contribution is 5.95. The molecule has 0 fully saturated rings. The normalized spacial score (nSPS) is 13.4. The number of anilines is 1. The van der Waals surface area contributed by atoms with E-state index in [-0.39, 0.29) is 11.6 Å². The number of carbonyl (C=O) groups excluding carboxylic acids is 1. The van der Waals surface area contributed by atoms with Gasteiger partial charge in [-0.3, -0.25) is 4.79 Å². The van der Waals surface area contributed by atoms with Gasteiger partial charge in [0, 0.05) is 0 Å². The van der Waals surface area contributed by atoms with Crippen LogP contribution in [0.4, 0.5) is 18.9 Å². The topological polar surface area (TPSA) is 55.1 Å². The Hall–Kier alpha value is -1.56. The molecule has 1 atom stereocenters. The summed E-state index contributed by atoms with van der Waals surface area (Å²) in [7, 11) is 0. The largest absolute Gasteiger partial charge is 0.418 e. The molecule has 0 aromatic heterocycles. The average Bonchev–Trinajstić information content (AvgIpc) is 2.27. The first-order chi connectivity index (χ1) is 8.71. The molecule has 0 bridgehead atoms. The lowest BCUT2D eigenvalue weighted by atomic mass is 10.0. The van der Waals surface area contributed by atoms with Gasteiger partial charge in [-0.1, -0.05) is 26.0 Å². The maximum atomic E-state index is 12.7. The maximum Gasteiger partial charge on any atom is 0.418 e. The molecule has 0 aliphatic rings. The van der Waals surface area contributed by atoms with E-state index in [0.29, 0.717) is 6.42 Å². The zero-order valence-corrected chi connectivity index (χ0v) is 10.8. The molecule has 1 amide bonds. The lowest BCUT2D eigenvalue weighted by molar-refractivity contribution is -0.137. The van der Waals surface area contributed by atoms with Crippen LogP contribution in [-0.4, -0.2) is 11.9 Å². The van der Waals surface area contributed by atoms with Crippen molar-refractivity contribution in [2.45, 2.75) is 32.5 Å². The second-order valence-electron chi connectivity index (χ2n) is 4.77. The number of rotatable bonds is 4. The van der Waals surface area contributed by atoms with Crippen molar-refractivity contribution in [2.75, 3.05) is 5.32 Å². The molecule has 1 aromatic rings. The zero-order valence-electron chi connectivity index (χ0n) is 10.8. The van der Waals surface area contributed by atoms with Crippen LogP contribution in [-0.2, 0) is 11.0 Å². The van der Waals surface area contributed by atoms with Gasteiger partial charge in [0.15, 0.2) is 0 Å². The number of halogens is 3. The Kier molecular flexibility index (Phi) is 4.94. The van der Waals surface area contributed by atoms with Gasteiger partial charge in [-0.05, 0) is 24.5 Å². The first kappa shape index (κ1) is 15.5. The van der Waals surface area contributed by atoms with E-state index in [1.165, 1.54) is 18.2 Å². The van der Waals surface area contributed by atoms with Gasteiger partial charge in [0.2, 0.25) is 5.91 Å². The quantitative estimate of drug-likeness (QED) is 0.886. The molecular weight excluding hydrogens is 257 g/mol. The van der Waals surface area contributed by atoms with E-state index in [0.717, 1.165) is 6.07 Å². The number of hydrogen-bond acceptors (Lipinski definition) is 2. The second-order valence-corrected chi connectivity index (χ2v) is 4.77. The molecule has 1 rings (SSSR count). The number of hydrogen-bond donors (Lipinski definition) is 2. The Bertz CT molecular complexity index is 444. The molecule has 0 spiro atoms. The zero-order chi connectivity index (χ0) is 14.6. The highest BCUT2D eigenvalue weighted by atomic mass is 19.4. The van der Waals surface area contributed by atoms with Gasteiger partial charge in [-0.2, -0.15) is 13.2 Å². The highest BCUT2D eigenvalue weighted by Gasteiger charge is 2.33. The fourth-order valence-electron chi connectivity index (χ4n) is 1.68. The van der Waals surface area contributed by atoms with Crippen LogP contribution in [0.3, 0.4) is 0 Å². The van der Waals surface area contributed by atoms with Crippen molar-refractivity contribution in [3.05, 3.63) is 29.8 Å². The van der Waals surface area contributed by atoms with Crippen LogP contribution in [0.15, 0.2) is 24.3 Å². The van der Waals surface area contributed by atoms with Gasteiger partial charge in [0.1, 0.15) is 0 Å². The van der Waals surface area contributed by atoms with Crippen molar-refractivity contribution in [1.82, 2.24) is 0 Å². The number of nitrogens with one attached hydrogen (secondary N) is 1. The predicted octanol–water partition coefficient (Wildman–Crippen LogP) is 3.02. The van der Waals surface area contributed by atoms with Crippen molar-refractivity contribution in [3.8, 4) is 0 Å². The molecule has 0 saturated carbocycles. The van der Waals surface area contributed by atoms with E-state index in [1.54, 1.807) is 0 Å². The molecule has 0 aliphatic heterocycles. The van der Waals surface area contributed by atoms with Crippen LogP contribution in [0.25, 0.3) is 0 Å². The number of carbonyl (C=O) groups is 1. The van der Waals surface area contributed by atoms with Crippen LogP contribution in [0.5, 0.6) is 0 Å². The number of nitrogens with two attached hydrogens (primary N) is 1. The Labute approximate surface area is 110 Å². The van der Waals surface area contributed by atoms with Crippen molar-refractivity contribution in [1.29, 1.82) is 0 Å². The minimum Gasteiger partial charge on any atom is -0.324 e. The van der Waals surface area contributed by atoms with E-state index >= 15 is 0 Å². The summed E-state index contributed by atoms with van der Waals surface area (Å²) >= 11 is 0. The summed E-state index contributed by atoms with van der Waals surface area (Å²) in [6.07, 6.45) is -4.09. The lowest BCUT2D eigenvalue weighted by Crippen LogP contribution is -2.37. The van der Waals surface area contributed by atoms with E-state index < -0.39 is 23.7 Å². The number of amides is 1. The van der Waals surface area contributed by atoms with Crippen molar-refractivity contribution < 1.29 is 18.0 Å². The molecular formula is C13H17F3N2O. The molecule has 106 valence electrons. The van der Waals surface area contributed by atoms with E-state index in [1.807, 2.05) is 13.8 Å². The third-order valence-electron chi connectivity index (χ3n) is 2.55. The summed E-state index contributed by atoms with van der Waals surface area (Å²) in [6, 6.07) is 4.01. The van der Waals surface area contributed by atoms with Gasteiger partial charge in [-0.25, -0.2) is 0 Å². The average molecular weight is 274 g/mol. The summed E-state index contributed by atoms with van der Waals surface area (Å²) in [5.74, 6) is -0.413. The third kappa shape index (κ3) is 4.55. The van der Waals surface area contributed by atoms with Gasteiger partial charge in [0.25, 0.3) is 0 Å². The molecule has 0 unspecified atom stereocenters. The Balaban J connectivity index is 2.86. The highest BCUT2D eigenvalue weighted by Crippen LogP contribution is 2.34. The van der Waals surface area contributed by atoms with Gasteiger partial charge >= 0.3 is 6.18 Å². The Morgan fingerprint density at radius 1 is 1.32 bits per heavy atom. The van der Waals surface area contributed by atoms with Gasteiger partial charge < -0.3 is 11.1 Å². The minimum absolute atomic E-state index is 0.193. The molecule has 0 saturated heterocycles. The maximum absolute atomic E-state index is 12.7. The predicted molar refractivity (Wildman–Crippen MR) is 67.5 cm³/mol. The first-order valence-electron chi connectivity index (χ1n) is 5.94. The fourth-order valence-corrected chi connectivity index (χ4v) is 1.68. The van der Waals surface area contributed by atoms with Gasteiger partial charge in [0.05, 0.1) is 17.3 Å². The number of benzene rings is 1. The minimum atomic E-state index is -4.51. The standard InChI is InChI=1S/C13H17F3N2O/c1-8(2)7-10(17)12(19)18-11-6-4-3-5-9(11)13(14,15)16/h3-6,8,10H,7,17H2,1-2H3,(H,18,19)/t10-/m1/s1. The van der Waals surface area contributed by atoms with Crippen molar-refractivity contribution >= 4 is 11.6 Å². The Morgan fingerprint density at radius 3 is 2.42 bits per heavy atom. The second kappa shape index (κ2) is 6.06. The van der Waals surface area contributed by atoms with E-state index in [4.69, 9.17) is 5.73 Å². The van der Waals surface area contributed by atoms with Crippen LogP contribution < -0.4 is 11.1 Å². The number of para-hydroxylation sites is 1.